The third-order valence-electron chi connectivity index (χ3n) is 4.47. The molecule has 2 unspecified atom stereocenters. The van der Waals surface area contributed by atoms with Gasteiger partial charge in [-0.3, -0.25) is 9.59 Å². The van der Waals surface area contributed by atoms with Gasteiger partial charge in [0.05, 0.1) is 25.0 Å². The first-order valence-corrected chi connectivity index (χ1v) is 9.54. The summed E-state index contributed by atoms with van der Waals surface area (Å²) in [6.07, 6.45) is 11.5. The standard InChI is InChI=1S/C20H34O4/c1-4-5-6-7-10-14-23-19(21)17-11-8-9-12-18(17)20(22)24-15-13-16(2)3/h8-9,16-18H,4-7,10-15H2,1-3H3. The minimum absolute atomic E-state index is 0.249. The van der Waals surface area contributed by atoms with Crippen molar-refractivity contribution in [3.63, 3.8) is 0 Å². The Morgan fingerprint density at radius 3 is 2.00 bits per heavy atom. The largest absolute Gasteiger partial charge is 0.465 e. The summed E-state index contributed by atoms with van der Waals surface area (Å²) in [5.74, 6) is -0.796. The zero-order valence-electron chi connectivity index (χ0n) is 15.6. The molecule has 0 N–H and O–H groups in total. The maximum atomic E-state index is 12.3. The Balaban J connectivity index is 2.37. The van der Waals surface area contributed by atoms with E-state index in [9.17, 15) is 9.59 Å². The minimum Gasteiger partial charge on any atom is -0.465 e. The van der Waals surface area contributed by atoms with Crippen molar-refractivity contribution in [1.82, 2.24) is 0 Å². The highest BCUT2D eigenvalue weighted by Crippen LogP contribution is 2.28. The van der Waals surface area contributed by atoms with Crippen molar-refractivity contribution in [2.24, 2.45) is 17.8 Å². The van der Waals surface area contributed by atoms with E-state index in [0.29, 0.717) is 32.0 Å². The van der Waals surface area contributed by atoms with Gasteiger partial charge in [-0.05, 0) is 31.6 Å². The van der Waals surface area contributed by atoms with Crippen molar-refractivity contribution >= 4 is 11.9 Å². The topological polar surface area (TPSA) is 52.6 Å². The molecule has 0 bridgehead atoms. The van der Waals surface area contributed by atoms with E-state index in [0.717, 1.165) is 19.3 Å². The van der Waals surface area contributed by atoms with Gasteiger partial charge in [0.25, 0.3) is 0 Å². The lowest BCUT2D eigenvalue weighted by Gasteiger charge is -2.25. The van der Waals surface area contributed by atoms with E-state index >= 15 is 0 Å². The molecule has 0 fully saturated rings. The van der Waals surface area contributed by atoms with Gasteiger partial charge in [0, 0.05) is 0 Å². The van der Waals surface area contributed by atoms with Gasteiger partial charge in [-0.1, -0.05) is 58.6 Å². The molecular weight excluding hydrogens is 304 g/mol. The lowest BCUT2D eigenvalue weighted by molar-refractivity contribution is -0.161. The number of unbranched alkanes of at least 4 members (excludes halogenated alkanes) is 4. The number of carbonyl (C=O) groups is 2. The van der Waals surface area contributed by atoms with Crippen LogP contribution in [-0.2, 0) is 19.1 Å². The summed E-state index contributed by atoms with van der Waals surface area (Å²) in [4.78, 5) is 24.6. The van der Waals surface area contributed by atoms with Crippen LogP contribution in [0.1, 0.15) is 72.1 Å². The van der Waals surface area contributed by atoms with Crippen LogP contribution >= 0.6 is 0 Å². The fourth-order valence-corrected chi connectivity index (χ4v) is 2.82. The normalized spacial score (nSPS) is 20.2. The van der Waals surface area contributed by atoms with Gasteiger partial charge in [-0.25, -0.2) is 0 Å². The third-order valence-corrected chi connectivity index (χ3v) is 4.47. The molecule has 24 heavy (non-hydrogen) atoms. The van der Waals surface area contributed by atoms with Gasteiger partial charge in [-0.15, -0.1) is 0 Å². The number of hydrogen-bond donors (Lipinski definition) is 0. The molecule has 1 aliphatic rings. The first kappa shape index (κ1) is 20.7. The van der Waals surface area contributed by atoms with Gasteiger partial charge in [0.15, 0.2) is 0 Å². The monoisotopic (exact) mass is 338 g/mol. The lowest BCUT2D eigenvalue weighted by atomic mass is 9.83. The van der Waals surface area contributed by atoms with Crippen molar-refractivity contribution < 1.29 is 19.1 Å². The van der Waals surface area contributed by atoms with Gasteiger partial charge < -0.3 is 9.47 Å². The molecule has 1 rings (SSSR count). The van der Waals surface area contributed by atoms with Crippen LogP contribution in [0, 0.1) is 17.8 Å². The third kappa shape index (κ3) is 7.98. The van der Waals surface area contributed by atoms with Crippen LogP contribution in [-0.4, -0.2) is 25.2 Å². The molecule has 138 valence electrons. The highest BCUT2D eigenvalue weighted by molar-refractivity contribution is 5.82. The van der Waals surface area contributed by atoms with Crippen LogP contribution in [0.2, 0.25) is 0 Å². The zero-order valence-corrected chi connectivity index (χ0v) is 15.6. The average Bonchev–Trinajstić information content (AvgIpc) is 2.57. The second kappa shape index (κ2) is 12.1. The molecule has 0 radical (unpaired) electrons. The van der Waals surface area contributed by atoms with Crippen LogP contribution in [0.4, 0.5) is 0 Å². The molecule has 0 heterocycles. The second-order valence-corrected chi connectivity index (χ2v) is 7.09. The predicted molar refractivity (Wildman–Crippen MR) is 95.5 cm³/mol. The van der Waals surface area contributed by atoms with E-state index in [4.69, 9.17) is 9.47 Å². The number of allylic oxidation sites excluding steroid dienone is 2. The Hall–Kier alpha value is -1.32. The van der Waals surface area contributed by atoms with E-state index in [-0.39, 0.29) is 11.9 Å². The second-order valence-electron chi connectivity index (χ2n) is 7.09. The Labute approximate surface area is 147 Å². The number of esters is 2. The van der Waals surface area contributed by atoms with Crippen molar-refractivity contribution in [3.05, 3.63) is 12.2 Å². The predicted octanol–water partition coefficient (Wildman–Crippen LogP) is 4.67. The van der Waals surface area contributed by atoms with E-state index in [1.165, 1.54) is 19.3 Å². The SMILES string of the molecule is CCCCCCCOC(=O)C1CC=CCC1C(=O)OCCC(C)C. The van der Waals surface area contributed by atoms with Crippen molar-refractivity contribution in [2.75, 3.05) is 13.2 Å². The molecule has 0 aromatic rings. The first-order valence-electron chi connectivity index (χ1n) is 9.54. The summed E-state index contributed by atoms with van der Waals surface area (Å²) in [6.45, 7) is 7.25. The summed E-state index contributed by atoms with van der Waals surface area (Å²) in [5, 5.41) is 0. The minimum atomic E-state index is -0.394. The molecule has 0 aromatic heterocycles. The van der Waals surface area contributed by atoms with Crippen LogP contribution in [0.15, 0.2) is 12.2 Å². The number of carbonyl (C=O) groups excluding carboxylic acids is 2. The fraction of sp³-hybridized carbons (Fsp3) is 0.800. The molecule has 0 aliphatic heterocycles. The molecular formula is C20H34O4. The molecule has 0 saturated heterocycles. The van der Waals surface area contributed by atoms with E-state index < -0.39 is 11.8 Å². The summed E-state index contributed by atoms with van der Waals surface area (Å²) in [7, 11) is 0. The van der Waals surface area contributed by atoms with Crippen LogP contribution in [0.5, 0.6) is 0 Å². The van der Waals surface area contributed by atoms with Gasteiger partial charge in [0.1, 0.15) is 0 Å². The summed E-state index contributed by atoms with van der Waals surface area (Å²) < 4.78 is 10.8. The molecule has 4 heteroatoms. The molecule has 1 aliphatic carbocycles. The number of hydrogen-bond acceptors (Lipinski definition) is 4. The van der Waals surface area contributed by atoms with Crippen molar-refractivity contribution in [3.8, 4) is 0 Å². The van der Waals surface area contributed by atoms with E-state index in [1.807, 2.05) is 12.2 Å². The number of ether oxygens (including phenoxy) is 2. The molecule has 0 aromatic carbocycles. The van der Waals surface area contributed by atoms with Crippen molar-refractivity contribution in [1.29, 1.82) is 0 Å². The zero-order chi connectivity index (χ0) is 17.8. The smallest absolute Gasteiger partial charge is 0.310 e. The summed E-state index contributed by atoms with van der Waals surface area (Å²) >= 11 is 0. The maximum Gasteiger partial charge on any atom is 0.310 e. The Morgan fingerprint density at radius 2 is 1.46 bits per heavy atom. The van der Waals surface area contributed by atoms with E-state index in [1.54, 1.807) is 0 Å². The Bertz CT molecular complexity index is 400. The fourth-order valence-electron chi connectivity index (χ4n) is 2.82. The molecule has 0 saturated carbocycles. The molecule has 0 amide bonds. The highest BCUT2D eigenvalue weighted by atomic mass is 16.5. The molecule has 0 spiro atoms. The van der Waals surface area contributed by atoms with Gasteiger partial charge in [0.2, 0.25) is 0 Å². The first-order chi connectivity index (χ1) is 11.6. The van der Waals surface area contributed by atoms with Gasteiger partial charge in [-0.2, -0.15) is 0 Å². The van der Waals surface area contributed by atoms with Crippen LogP contribution < -0.4 is 0 Å². The number of rotatable bonds is 11. The van der Waals surface area contributed by atoms with Crippen LogP contribution in [0.3, 0.4) is 0 Å². The Kier molecular flexibility index (Phi) is 10.4. The van der Waals surface area contributed by atoms with E-state index in [2.05, 4.69) is 20.8 Å². The quantitative estimate of drug-likeness (QED) is 0.312. The lowest BCUT2D eigenvalue weighted by Crippen LogP contribution is -2.34. The highest BCUT2D eigenvalue weighted by Gasteiger charge is 2.36. The Morgan fingerprint density at radius 1 is 0.917 bits per heavy atom. The molecule has 2 atom stereocenters. The summed E-state index contributed by atoms with van der Waals surface area (Å²) in [5.41, 5.74) is 0. The molecule has 4 nitrogen and oxygen atoms in total. The van der Waals surface area contributed by atoms with Gasteiger partial charge >= 0.3 is 11.9 Å². The van der Waals surface area contributed by atoms with Crippen molar-refractivity contribution in [2.45, 2.75) is 72.1 Å². The average molecular weight is 338 g/mol. The summed E-state index contributed by atoms with van der Waals surface area (Å²) in [6, 6.07) is 0. The maximum absolute atomic E-state index is 12.3. The van der Waals surface area contributed by atoms with Crippen LogP contribution in [0.25, 0.3) is 0 Å².